The van der Waals surface area contributed by atoms with E-state index in [9.17, 15) is 4.79 Å². The molecule has 0 saturated heterocycles. The summed E-state index contributed by atoms with van der Waals surface area (Å²) in [6, 6.07) is 0.417. The quantitative estimate of drug-likeness (QED) is 0.631. The Kier molecular flexibility index (Phi) is 4.04. The van der Waals surface area contributed by atoms with E-state index in [1.165, 1.54) is 19.3 Å². The van der Waals surface area contributed by atoms with Crippen LogP contribution < -0.4 is 0 Å². The molecule has 0 unspecified atom stereocenters. The molecular formula is C10H18ClNO. The zero-order valence-corrected chi connectivity index (χ0v) is 9.18. The van der Waals surface area contributed by atoms with E-state index in [2.05, 4.69) is 6.92 Å². The third-order valence-corrected chi connectivity index (χ3v) is 3.30. The molecule has 1 amide bonds. The highest BCUT2D eigenvalue weighted by molar-refractivity contribution is 6.27. The molecule has 1 saturated carbocycles. The summed E-state index contributed by atoms with van der Waals surface area (Å²) in [6.45, 7) is 2.22. The van der Waals surface area contributed by atoms with Gasteiger partial charge in [0.2, 0.25) is 5.91 Å². The Morgan fingerprint density at radius 2 is 2.08 bits per heavy atom. The number of hydrogen-bond acceptors (Lipinski definition) is 1. The molecular weight excluding hydrogens is 186 g/mol. The number of hydrogen-bond donors (Lipinski definition) is 0. The SMILES string of the molecule is C[C@@H]1CCCC[C@H]1N(C)C(=O)CCl. The molecule has 0 aromatic carbocycles. The molecule has 1 aliphatic carbocycles. The van der Waals surface area contributed by atoms with E-state index in [4.69, 9.17) is 11.6 Å². The van der Waals surface area contributed by atoms with Gasteiger partial charge < -0.3 is 4.90 Å². The first-order valence-electron chi connectivity index (χ1n) is 4.98. The van der Waals surface area contributed by atoms with Crippen LogP contribution in [0.4, 0.5) is 0 Å². The van der Waals surface area contributed by atoms with E-state index < -0.39 is 0 Å². The van der Waals surface area contributed by atoms with Crippen molar-refractivity contribution in [1.29, 1.82) is 0 Å². The molecule has 0 aromatic heterocycles. The molecule has 0 aliphatic heterocycles. The van der Waals surface area contributed by atoms with Gasteiger partial charge in [-0.2, -0.15) is 0 Å². The monoisotopic (exact) mass is 203 g/mol. The van der Waals surface area contributed by atoms with Crippen molar-refractivity contribution in [3.63, 3.8) is 0 Å². The van der Waals surface area contributed by atoms with E-state index >= 15 is 0 Å². The van der Waals surface area contributed by atoms with Crippen molar-refractivity contribution in [2.75, 3.05) is 12.9 Å². The van der Waals surface area contributed by atoms with Crippen molar-refractivity contribution in [2.24, 2.45) is 5.92 Å². The summed E-state index contributed by atoms with van der Waals surface area (Å²) in [6.07, 6.45) is 4.93. The number of rotatable bonds is 2. The van der Waals surface area contributed by atoms with E-state index in [1.54, 1.807) is 0 Å². The van der Waals surface area contributed by atoms with Gasteiger partial charge in [0, 0.05) is 13.1 Å². The summed E-state index contributed by atoms with van der Waals surface area (Å²) in [5.41, 5.74) is 0. The Hall–Kier alpha value is -0.240. The van der Waals surface area contributed by atoms with Gasteiger partial charge in [0.1, 0.15) is 5.88 Å². The van der Waals surface area contributed by atoms with Gasteiger partial charge in [-0.1, -0.05) is 19.8 Å². The van der Waals surface area contributed by atoms with Gasteiger partial charge in [-0.3, -0.25) is 4.79 Å². The Morgan fingerprint density at radius 3 is 2.62 bits per heavy atom. The van der Waals surface area contributed by atoms with Crippen molar-refractivity contribution in [3.05, 3.63) is 0 Å². The van der Waals surface area contributed by atoms with Crippen LogP contribution in [-0.2, 0) is 4.79 Å². The lowest BCUT2D eigenvalue weighted by molar-refractivity contribution is -0.130. The van der Waals surface area contributed by atoms with Crippen LogP contribution in [0.1, 0.15) is 32.6 Å². The first-order chi connectivity index (χ1) is 6.16. The maximum atomic E-state index is 11.4. The van der Waals surface area contributed by atoms with Gasteiger partial charge >= 0.3 is 0 Å². The zero-order valence-electron chi connectivity index (χ0n) is 8.42. The van der Waals surface area contributed by atoms with Gasteiger partial charge in [-0.05, 0) is 18.8 Å². The second-order valence-electron chi connectivity index (χ2n) is 3.97. The third-order valence-electron chi connectivity index (χ3n) is 3.07. The minimum atomic E-state index is 0.0559. The van der Waals surface area contributed by atoms with Crippen molar-refractivity contribution >= 4 is 17.5 Å². The fraction of sp³-hybridized carbons (Fsp3) is 0.900. The van der Waals surface area contributed by atoms with Crippen molar-refractivity contribution in [2.45, 2.75) is 38.6 Å². The van der Waals surface area contributed by atoms with Gasteiger partial charge in [0.05, 0.1) is 0 Å². The lowest BCUT2D eigenvalue weighted by atomic mass is 9.85. The summed E-state index contributed by atoms with van der Waals surface area (Å²) in [5.74, 6) is 0.797. The van der Waals surface area contributed by atoms with Gasteiger partial charge in [-0.25, -0.2) is 0 Å². The van der Waals surface area contributed by atoms with Gasteiger partial charge in [-0.15, -0.1) is 11.6 Å². The molecule has 0 bridgehead atoms. The molecule has 0 heterocycles. The Morgan fingerprint density at radius 1 is 1.46 bits per heavy atom. The summed E-state index contributed by atoms with van der Waals surface area (Å²) >= 11 is 5.52. The van der Waals surface area contributed by atoms with E-state index in [1.807, 2.05) is 11.9 Å². The highest BCUT2D eigenvalue weighted by Gasteiger charge is 2.27. The number of alkyl halides is 1. The molecule has 1 fully saturated rings. The molecule has 1 rings (SSSR count). The number of amides is 1. The fourth-order valence-electron chi connectivity index (χ4n) is 2.15. The van der Waals surface area contributed by atoms with Gasteiger partial charge in [0.15, 0.2) is 0 Å². The zero-order chi connectivity index (χ0) is 9.84. The molecule has 2 atom stereocenters. The predicted octanol–water partition coefficient (Wildman–Crippen LogP) is 2.26. The maximum Gasteiger partial charge on any atom is 0.237 e. The maximum absolute atomic E-state index is 11.4. The number of nitrogens with zero attached hydrogens (tertiary/aromatic N) is 1. The number of carbonyl (C=O) groups excluding carboxylic acids is 1. The van der Waals surface area contributed by atoms with Crippen molar-refractivity contribution < 1.29 is 4.79 Å². The molecule has 0 N–H and O–H groups in total. The van der Waals surface area contributed by atoms with Crippen LogP contribution in [0, 0.1) is 5.92 Å². The lowest BCUT2D eigenvalue weighted by Gasteiger charge is -2.36. The minimum Gasteiger partial charge on any atom is -0.341 e. The van der Waals surface area contributed by atoms with Crippen LogP contribution in [0.5, 0.6) is 0 Å². The molecule has 76 valence electrons. The molecule has 0 spiro atoms. The highest BCUT2D eigenvalue weighted by atomic mass is 35.5. The van der Waals surface area contributed by atoms with Crippen molar-refractivity contribution in [1.82, 2.24) is 4.90 Å². The lowest BCUT2D eigenvalue weighted by Crippen LogP contribution is -2.43. The average molecular weight is 204 g/mol. The molecule has 0 aromatic rings. The van der Waals surface area contributed by atoms with Crippen LogP contribution in [-0.4, -0.2) is 29.8 Å². The second kappa shape index (κ2) is 4.85. The molecule has 0 radical (unpaired) electrons. The van der Waals surface area contributed by atoms with Crippen molar-refractivity contribution in [3.8, 4) is 0 Å². The molecule has 1 aliphatic rings. The van der Waals surface area contributed by atoms with E-state index in [-0.39, 0.29) is 11.8 Å². The third kappa shape index (κ3) is 2.60. The molecule has 3 heteroatoms. The topological polar surface area (TPSA) is 20.3 Å². The first kappa shape index (κ1) is 10.8. The molecule has 2 nitrogen and oxygen atoms in total. The van der Waals surface area contributed by atoms with Crippen LogP contribution in [0.3, 0.4) is 0 Å². The Balaban J connectivity index is 2.53. The highest BCUT2D eigenvalue weighted by Crippen LogP contribution is 2.27. The normalized spacial score (nSPS) is 28.5. The van der Waals surface area contributed by atoms with E-state index in [0.29, 0.717) is 12.0 Å². The summed E-state index contributed by atoms with van der Waals surface area (Å²) in [4.78, 5) is 13.2. The minimum absolute atomic E-state index is 0.0559. The fourth-order valence-corrected chi connectivity index (χ4v) is 2.34. The largest absolute Gasteiger partial charge is 0.341 e. The second-order valence-corrected chi connectivity index (χ2v) is 4.23. The van der Waals surface area contributed by atoms with Crippen LogP contribution >= 0.6 is 11.6 Å². The Bertz CT molecular complexity index is 184. The van der Waals surface area contributed by atoms with Crippen LogP contribution in [0.2, 0.25) is 0 Å². The van der Waals surface area contributed by atoms with Crippen LogP contribution in [0.15, 0.2) is 0 Å². The summed E-state index contributed by atoms with van der Waals surface area (Å²) < 4.78 is 0. The Labute approximate surface area is 85.2 Å². The average Bonchev–Trinajstić information content (AvgIpc) is 2.16. The summed E-state index contributed by atoms with van der Waals surface area (Å²) in [5, 5.41) is 0. The number of halogens is 1. The number of carbonyl (C=O) groups is 1. The summed E-state index contributed by atoms with van der Waals surface area (Å²) in [7, 11) is 1.87. The smallest absolute Gasteiger partial charge is 0.237 e. The predicted molar refractivity (Wildman–Crippen MR) is 54.9 cm³/mol. The van der Waals surface area contributed by atoms with Gasteiger partial charge in [0.25, 0.3) is 0 Å². The first-order valence-corrected chi connectivity index (χ1v) is 5.52. The standard InChI is InChI=1S/C10H18ClNO/c1-8-5-3-4-6-9(8)12(2)10(13)7-11/h8-9H,3-7H2,1-2H3/t8-,9-/m1/s1. The van der Waals surface area contributed by atoms with E-state index in [0.717, 1.165) is 6.42 Å². The van der Waals surface area contributed by atoms with Crippen LogP contribution in [0.25, 0.3) is 0 Å². The molecule has 13 heavy (non-hydrogen) atoms.